The molecule has 0 spiro atoms. The van der Waals surface area contributed by atoms with Crippen molar-refractivity contribution in [3.8, 4) is 34.4 Å². The maximum Gasteiger partial charge on any atom is 0.416 e. The average Bonchev–Trinajstić information content (AvgIpc) is 3.78. The second-order valence-electron chi connectivity index (χ2n) is 13.1. The molecule has 12 heteroatoms. The number of oxazole rings is 2. The largest absolute Gasteiger partial charge is 0.494 e. The fourth-order valence-electron chi connectivity index (χ4n) is 5.69. The van der Waals surface area contributed by atoms with Gasteiger partial charge in [0.1, 0.15) is 29.6 Å². The second kappa shape index (κ2) is 20.8. The molecular weight excluding hydrogens is 727 g/mol. The van der Waals surface area contributed by atoms with Crippen molar-refractivity contribution in [3.05, 3.63) is 143 Å². The maximum absolute atomic E-state index is 12.7. The normalized spacial score (nSPS) is 10.6. The van der Waals surface area contributed by atoms with Gasteiger partial charge in [0.2, 0.25) is 11.8 Å². The third-order valence-electron chi connectivity index (χ3n) is 8.61. The van der Waals surface area contributed by atoms with Gasteiger partial charge in [-0.2, -0.15) is 0 Å². The summed E-state index contributed by atoms with van der Waals surface area (Å²) in [5, 5.41) is 9.30. The summed E-state index contributed by atoms with van der Waals surface area (Å²) in [5.74, 6) is 2.40. The molecule has 0 unspecified atom stereocenters. The van der Waals surface area contributed by atoms with Crippen LogP contribution in [-0.4, -0.2) is 57.8 Å². The van der Waals surface area contributed by atoms with Gasteiger partial charge in [0.25, 0.3) is 0 Å². The first-order valence-electron chi connectivity index (χ1n) is 18.7. The number of aliphatic carboxylic acids is 1. The third kappa shape index (κ3) is 13.0. The Hall–Kier alpha value is -6.69. The number of amides is 1. The average molecular weight is 774 g/mol. The van der Waals surface area contributed by atoms with Crippen LogP contribution in [0.1, 0.15) is 53.8 Å². The molecule has 0 atom stereocenters. The lowest BCUT2D eigenvalue weighted by atomic mass is 10.2. The van der Waals surface area contributed by atoms with Gasteiger partial charge in [-0.25, -0.2) is 14.8 Å². The highest BCUT2D eigenvalue weighted by Crippen LogP contribution is 2.24. The molecular formula is C45H47N3O9. The lowest BCUT2D eigenvalue weighted by Gasteiger charge is -2.20. The molecule has 0 radical (unpaired) electrons. The Balaban J connectivity index is 0.000000273. The minimum atomic E-state index is -1.13. The van der Waals surface area contributed by atoms with Crippen molar-refractivity contribution in [2.45, 2.75) is 59.9 Å². The molecule has 6 rings (SSSR count). The van der Waals surface area contributed by atoms with Gasteiger partial charge in [0.05, 0.1) is 31.0 Å². The Morgan fingerprint density at radius 1 is 0.719 bits per heavy atom. The molecule has 1 amide bonds. The number of carbonyl (C=O) groups is 3. The second-order valence-corrected chi connectivity index (χ2v) is 13.1. The SMILES string of the molecule is CCOC(=O)CCc1nc(-c2ccccc2)oc1C.Cc1ccc(OC(=O)N(CC(=O)O)Cc2cccc(OCCCc3nc(-c4ccccc4)oc3C)c2)cc1. The van der Waals surface area contributed by atoms with Gasteiger partial charge in [0, 0.05) is 24.1 Å². The molecule has 0 saturated carbocycles. The first kappa shape index (κ1) is 41.5. The number of aryl methyl sites for hydroxylation is 5. The highest BCUT2D eigenvalue weighted by atomic mass is 16.6. The smallest absolute Gasteiger partial charge is 0.416 e. The summed E-state index contributed by atoms with van der Waals surface area (Å²) in [7, 11) is 0. The highest BCUT2D eigenvalue weighted by Gasteiger charge is 2.20. The molecule has 0 aliphatic carbocycles. The van der Waals surface area contributed by atoms with Crippen molar-refractivity contribution in [2.24, 2.45) is 0 Å². The minimum Gasteiger partial charge on any atom is -0.494 e. The van der Waals surface area contributed by atoms with E-state index < -0.39 is 18.6 Å². The van der Waals surface area contributed by atoms with E-state index in [-0.39, 0.29) is 12.5 Å². The quantitative estimate of drug-likeness (QED) is 0.0739. The zero-order chi connectivity index (χ0) is 40.6. The summed E-state index contributed by atoms with van der Waals surface area (Å²) in [4.78, 5) is 45.6. The van der Waals surface area contributed by atoms with Crippen LogP contribution in [0.3, 0.4) is 0 Å². The van der Waals surface area contributed by atoms with Gasteiger partial charge >= 0.3 is 18.0 Å². The van der Waals surface area contributed by atoms with Crippen LogP contribution in [0, 0.1) is 20.8 Å². The zero-order valence-electron chi connectivity index (χ0n) is 32.6. The van der Waals surface area contributed by atoms with Crippen LogP contribution >= 0.6 is 0 Å². The van der Waals surface area contributed by atoms with Crippen molar-refractivity contribution in [3.63, 3.8) is 0 Å². The first-order chi connectivity index (χ1) is 27.6. The van der Waals surface area contributed by atoms with Crippen molar-refractivity contribution < 1.29 is 42.5 Å². The van der Waals surface area contributed by atoms with Crippen LogP contribution in [0.15, 0.2) is 118 Å². The summed E-state index contributed by atoms with van der Waals surface area (Å²) in [6.07, 6.45) is 1.58. The Labute approximate surface area is 332 Å². The number of carbonyl (C=O) groups excluding carboxylic acids is 2. The fraction of sp³-hybridized carbons (Fsp3) is 0.267. The molecule has 4 aromatic carbocycles. The van der Waals surface area contributed by atoms with Gasteiger partial charge in [0.15, 0.2) is 0 Å². The molecule has 0 aliphatic rings. The maximum atomic E-state index is 12.7. The summed E-state index contributed by atoms with van der Waals surface area (Å²) in [6.45, 7) is 7.94. The summed E-state index contributed by atoms with van der Waals surface area (Å²) in [5.41, 5.74) is 5.34. The summed E-state index contributed by atoms with van der Waals surface area (Å²) >= 11 is 0. The van der Waals surface area contributed by atoms with Gasteiger partial charge in [-0.15, -0.1) is 0 Å². The molecule has 1 N–H and O–H groups in total. The van der Waals surface area contributed by atoms with Crippen LogP contribution in [0.25, 0.3) is 22.9 Å². The number of aromatic nitrogens is 2. The van der Waals surface area contributed by atoms with E-state index in [2.05, 4.69) is 9.97 Å². The van der Waals surface area contributed by atoms with E-state index in [1.807, 2.05) is 112 Å². The molecule has 2 heterocycles. The van der Waals surface area contributed by atoms with Crippen LogP contribution in [0.2, 0.25) is 0 Å². The topological polar surface area (TPSA) is 154 Å². The number of hydrogen-bond acceptors (Lipinski definition) is 10. The standard InChI is InChI=1S/C30H30N2O6.C15H17NO3/c1-21-13-15-25(16-14-21)38-30(35)32(20-28(33)34)19-23-8-6-11-26(18-23)36-17-7-12-27-22(2)37-29(31-27)24-9-4-3-5-10-24;1-3-18-14(17)10-9-13-11(2)19-15(16-13)12-7-5-4-6-8-12/h3-6,8-11,13-16,18H,7,12,17,19-20H2,1-2H3,(H,33,34);4-8H,3,9-10H2,1-2H3. The Kier molecular flexibility index (Phi) is 15.2. The van der Waals surface area contributed by atoms with E-state index in [1.54, 1.807) is 25.1 Å². The zero-order valence-corrected chi connectivity index (χ0v) is 32.6. The molecule has 57 heavy (non-hydrogen) atoms. The lowest BCUT2D eigenvalue weighted by Crippen LogP contribution is -2.37. The predicted octanol–water partition coefficient (Wildman–Crippen LogP) is 9.20. The van der Waals surface area contributed by atoms with Crippen LogP contribution in [0.5, 0.6) is 11.5 Å². The number of rotatable bonds is 16. The van der Waals surface area contributed by atoms with Gasteiger partial charge in [-0.3, -0.25) is 14.5 Å². The molecule has 296 valence electrons. The van der Waals surface area contributed by atoms with Crippen molar-refractivity contribution >= 4 is 18.0 Å². The van der Waals surface area contributed by atoms with Crippen molar-refractivity contribution in [1.29, 1.82) is 0 Å². The number of carboxylic acids is 1. The van der Waals surface area contributed by atoms with E-state index >= 15 is 0 Å². The monoisotopic (exact) mass is 773 g/mol. The van der Waals surface area contributed by atoms with E-state index in [1.165, 1.54) is 0 Å². The van der Waals surface area contributed by atoms with Gasteiger partial charge < -0.3 is 28.2 Å². The number of hydrogen-bond donors (Lipinski definition) is 1. The van der Waals surface area contributed by atoms with Crippen molar-refractivity contribution in [1.82, 2.24) is 14.9 Å². The first-order valence-corrected chi connectivity index (χ1v) is 18.7. The Morgan fingerprint density at radius 2 is 1.32 bits per heavy atom. The molecule has 0 fully saturated rings. The van der Waals surface area contributed by atoms with Crippen LogP contribution in [-0.2, 0) is 33.7 Å². The molecule has 0 saturated heterocycles. The van der Waals surface area contributed by atoms with E-state index in [0.29, 0.717) is 55.8 Å². The third-order valence-corrected chi connectivity index (χ3v) is 8.61. The van der Waals surface area contributed by atoms with Crippen LogP contribution < -0.4 is 9.47 Å². The summed E-state index contributed by atoms with van der Waals surface area (Å²) in [6, 6.07) is 33.7. The van der Waals surface area contributed by atoms with E-state index in [9.17, 15) is 19.5 Å². The summed E-state index contributed by atoms with van der Waals surface area (Å²) < 4.78 is 27.6. The molecule has 12 nitrogen and oxygen atoms in total. The van der Waals surface area contributed by atoms with E-state index in [0.717, 1.165) is 56.5 Å². The minimum absolute atomic E-state index is 0.0641. The molecule has 2 aromatic heterocycles. The van der Waals surface area contributed by atoms with Crippen LogP contribution in [0.4, 0.5) is 4.79 Å². The number of ether oxygens (including phenoxy) is 3. The molecule has 6 aromatic rings. The Bertz CT molecular complexity index is 2200. The van der Waals surface area contributed by atoms with Crippen molar-refractivity contribution in [2.75, 3.05) is 19.8 Å². The number of nitrogens with zero attached hydrogens (tertiary/aromatic N) is 3. The van der Waals surface area contributed by atoms with E-state index in [4.69, 9.17) is 23.0 Å². The fourth-order valence-corrected chi connectivity index (χ4v) is 5.69. The number of carboxylic acid groups (broad SMARTS) is 1. The number of benzene rings is 4. The Morgan fingerprint density at radius 3 is 1.89 bits per heavy atom. The lowest BCUT2D eigenvalue weighted by molar-refractivity contribution is -0.143. The molecule has 0 bridgehead atoms. The molecule has 0 aliphatic heterocycles. The predicted molar refractivity (Wildman–Crippen MR) is 214 cm³/mol. The van der Waals surface area contributed by atoms with Gasteiger partial charge in [-0.1, -0.05) is 66.2 Å². The van der Waals surface area contributed by atoms with Gasteiger partial charge in [-0.05, 0) is 94.6 Å². The highest BCUT2D eigenvalue weighted by molar-refractivity contribution is 5.78. The number of esters is 1.